The standard InChI is InChI=1S/C21H22N4O/c1-13(2)11-25-12-17-16(7-8-18(22-3)20(17)21(25)26)14-5-6-15-10-23-24(4)19(15)9-14/h5-10,22H,1,11-12H2,2-4H3. The third-order valence-corrected chi connectivity index (χ3v) is 4.95. The van der Waals surface area contributed by atoms with E-state index >= 15 is 0 Å². The second kappa shape index (κ2) is 6.02. The van der Waals surface area contributed by atoms with Gasteiger partial charge in [0.05, 0.1) is 17.3 Å². The van der Waals surface area contributed by atoms with E-state index in [-0.39, 0.29) is 5.91 Å². The summed E-state index contributed by atoms with van der Waals surface area (Å²) in [4.78, 5) is 14.8. The Morgan fingerprint density at radius 3 is 2.85 bits per heavy atom. The number of hydrogen-bond acceptors (Lipinski definition) is 3. The van der Waals surface area contributed by atoms with E-state index in [4.69, 9.17) is 0 Å². The fourth-order valence-electron chi connectivity index (χ4n) is 3.72. The van der Waals surface area contributed by atoms with E-state index in [9.17, 15) is 4.79 Å². The number of benzene rings is 2. The molecule has 1 aliphatic heterocycles. The van der Waals surface area contributed by atoms with Gasteiger partial charge in [-0.15, -0.1) is 0 Å². The smallest absolute Gasteiger partial charge is 0.256 e. The molecule has 0 fully saturated rings. The van der Waals surface area contributed by atoms with Crippen molar-refractivity contribution in [3.63, 3.8) is 0 Å². The predicted octanol–water partition coefficient (Wildman–Crippen LogP) is 3.81. The monoisotopic (exact) mass is 346 g/mol. The molecular weight excluding hydrogens is 324 g/mol. The number of aryl methyl sites for hydroxylation is 1. The van der Waals surface area contributed by atoms with Crippen LogP contribution in [0.4, 0.5) is 5.69 Å². The highest BCUT2D eigenvalue weighted by Crippen LogP contribution is 2.38. The van der Waals surface area contributed by atoms with Crippen LogP contribution in [-0.2, 0) is 13.6 Å². The Morgan fingerprint density at radius 1 is 1.31 bits per heavy atom. The summed E-state index contributed by atoms with van der Waals surface area (Å²) in [7, 11) is 3.80. The lowest BCUT2D eigenvalue weighted by molar-refractivity contribution is 0.0793. The molecule has 2 heterocycles. The molecule has 0 aliphatic carbocycles. The van der Waals surface area contributed by atoms with Crippen LogP contribution in [0.1, 0.15) is 22.8 Å². The largest absolute Gasteiger partial charge is 0.387 e. The highest BCUT2D eigenvalue weighted by Gasteiger charge is 2.32. The zero-order valence-electron chi connectivity index (χ0n) is 15.3. The second-order valence-electron chi connectivity index (χ2n) is 6.92. The van der Waals surface area contributed by atoms with Crippen molar-refractivity contribution < 1.29 is 4.79 Å². The van der Waals surface area contributed by atoms with E-state index in [1.165, 1.54) is 0 Å². The minimum Gasteiger partial charge on any atom is -0.387 e. The summed E-state index contributed by atoms with van der Waals surface area (Å²) in [6.07, 6.45) is 1.87. The maximum Gasteiger partial charge on any atom is 0.256 e. The van der Waals surface area contributed by atoms with Crippen molar-refractivity contribution in [3.05, 3.63) is 59.8 Å². The molecule has 0 atom stereocenters. The summed E-state index contributed by atoms with van der Waals surface area (Å²) < 4.78 is 1.87. The van der Waals surface area contributed by atoms with Crippen molar-refractivity contribution in [3.8, 4) is 11.1 Å². The van der Waals surface area contributed by atoms with Gasteiger partial charge < -0.3 is 10.2 Å². The molecule has 1 amide bonds. The Morgan fingerprint density at radius 2 is 2.12 bits per heavy atom. The van der Waals surface area contributed by atoms with Gasteiger partial charge in [-0.05, 0) is 35.7 Å². The van der Waals surface area contributed by atoms with Gasteiger partial charge in [0.2, 0.25) is 0 Å². The molecule has 2 aromatic carbocycles. The molecule has 0 radical (unpaired) electrons. The molecule has 1 aliphatic rings. The lowest BCUT2D eigenvalue weighted by Crippen LogP contribution is -2.25. The highest BCUT2D eigenvalue weighted by molar-refractivity contribution is 6.06. The zero-order chi connectivity index (χ0) is 18.4. The maximum absolute atomic E-state index is 13.0. The number of fused-ring (bicyclic) bond motifs is 2. The van der Waals surface area contributed by atoms with Crippen LogP contribution in [0.5, 0.6) is 0 Å². The molecule has 0 saturated carbocycles. The number of nitrogens with one attached hydrogen (secondary N) is 1. The average Bonchev–Trinajstić information content (AvgIpc) is 3.15. The van der Waals surface area contributed by atoms with Gasteiger partial charge >= 0.3 is 0 Å². The van der Waals surface area contributed by atoms with Crippen molar-refractivity contribution in [1.82, 2.24) is 14.7 Å². The van der Waals surface area contributed by atoms with Crippen molar-refractivity contribution in [2.75, 3.05) is 18.9 Å². The number of aromatic nitrogens is 2. The van der Waals surface area contributed by atoms with Crippen molar-refractivity contribution >= 4 is 22.5 Å². The molecule has 132 valence electrons. The Labute approximate surface area is 152 Å². The quantitative estimate of drug-likeness (QED) is 0.731. The summed E-state index contributed by atoms with van der Waals surface area (Å²) in [5, 5.41) is 8.59. The fourth-order valence-corrected chi connectivity index (χ4v) is 3.72. The maximum atomic E-state index is 13.0. The third-order valence-electron chi connectivity index (χ3n) is 4.95. The molecule has 26 heavy (non-hydrogen) atoms. The summed E-state index contributed by atoms with van der Waals surface area (Å²) in [6, 6.07) is 10.4. The van der Waals surface area contributed by atoms with Crippen LogP contribution in [0.3, 0.4) is 0 Å². The van der Waals surface area contributed by atoms with Crippen LogP contribution in [0.25, 0.3) is 22.0 Å². The van der Waals surface area contributed by atoms with Gasteiger partial charge in [-0.2, -0.15) is 5.10 Å². The first-order valence-electron chi connectivity index (χ1n) is 8.69. The fraction of sp³-hybridized carbons (Fsp3) is 0.238. The number of nitrogens with zero attached hydrogens (tertiary/aromatic N) is 3. The van der Waals surface area contributed by atoms with Crippen molar-refractivity contribution in [2.45, 2.75) is 13.5 Å². The minimum absolute atomic E-state index is 0.0656. The molecule has 0 spiro atoms. The van der Waals surface area contributed by atoms with Gasteiger partial charge in [0.1, 0.15) is 0 Å². The van der Waals surface area contributed by atoms with E-state index in [0.29, 0.717) is 13.1 Å². The van der Waals surface area contributed by atoms with Crippen molar-refractivity contribution in [2.24, 2.45) is 7.05 Å². The molecule has 5 nitrogen and oxygen atoms in total. The summed E-state index contributed by atoms with van der Waals surface area (Å²) in [5.41, 5.74) is 6.98. The van der Waals surface area contributed by atoms with Crippen LogP contribution in [0.15, 0.2) is 48.7 Å². The van der Waals surface area contributed by atoms with Crippen LogP contribution >= 0.6 is 0 Å². The van der Waals surface area contributed by atoms with Crippen LogP contribution in [0.2, 0.25) is 0 Å². The van der Waals surface area contributed by atoms with Gasteiger partial charge in [-0.3, -0.25) is 9.48 Å². The lowest BCUT2D eigenvalue weighted by Gasteiger charge is -2.15. The van der Waals surface area contributed by atoms with Crippen LogP contribution < -0.4 is 5.32 Å². The van der Waals surface area contributed by atoms with E-state index in [1.54, 1.807) is 0 Å². The summed E-state index contributed by atoms with van der Waals surface area (Å²) >= 11 is 0. The highest BCUT2D eigenvalue weighted by atomic mass is 16.2. The van der Waals surface area contributed by atoms with E-state index in [2.05, 4.69) is 41.3 Å². The van der Waals surface area contributed by atoms with Crippen molar-refractivity contribution in [1.29, 1.82) is 0 Å². The number of hydrogen-bond donors (Lipinski definition) is 1. The molecule has 0 saturated heterocycles. The van der Waals surface area contributed by atoms with Gasteiger partial charge in [-0.1, -0.05) is 30.4 Å². The van der Waals surface area contributed by atoms with Gasteiger partial charge in [0, 0.05) is 38.3 Å². The first-order valence-corrected chi connectivity index (χ1v) is 8.69. The summed E-state index contributed by atoms with van der Waals surface area (Å²) in [6.45, 7) is 7.10. The Balaban J connectivity index is 1.87. The van der Waals surface area contributed by atoms with Gasteiger partial charge in [-0.25, -0.2) is 0 Å². The summed E-state index contributed by atoms with van der Waals surface area (Å²) in [5.74, 6) is 0.0656. The Kier molecular flexibility index (Phi) is 3.80. The average molecular weight is 346 g/mol. The molecular formula is C21H22N4O. The number of amides is 1. The van der Waals surface area contributed by atoms with Crippen LogP contribution in [0, 0.1) is 0 Å². The lowest BCUT2D eigenvalue weighted by atomic mass is 9.95. The molecule has 1 aromatic heterocycles. The third kappa shape index (κ3) is 2.47. The van der Waals surface area contributed by atoms with E-state index in [0.717, 1.165) is 44.4 Å². The molecule has 1 N–H and O–H groups in total. The molecule has 5 heteroatoms. The van der Waals surface area contributed by atoms with Gasteiger partial charge in [0.15, 0.2) is 0 Å². The zero-order valence-corrected chi connectivity index (χ0v) is 15.3. The normalized spacial score (nSPS) is 13.3. The molecule has 4 rings (SSSR count). The first-order chi connectivity index (χ1) is 12.5. The number of anilines is 1. The SMILES string of the molecule is C=C(C)CN1Cc2c(-c3ccc4cnn(C)c4c3)ccc(NC)c2C1=O. The predicted molar refractivity (Wildman–Crippen MR) is 105 cm³/mol. The topological polar surface area (TPSA) is 50.2 Å². The van der Waals surface area contributed by atoms with E-state index < -0.39 is 0 Å². The first kappa shape index (κ1) is 16.4. The Hall–Kier alpha value is -3.08. The van der Waals surface area contributed by atoms with Gasteiger partial charge in [0.25, 0.3) is 5.91 Å². The van der Waals surface area contributed by atoms with Crippen LogP contribution in [-0.4, -0.2) is 34.2 Å². The molecule has 0 bridgehead atoms. The minimum atomic E-state index is 0.0656. The second-order valence-corrected chi connectivity index (χ2v) is 6.92. The molecule has 0 unspecified atom stereocenters. The number of carbonyl (C=O) groups excluding carboxylic acids is 1. The molecule has 3 aromatic rings. The van der Waals surface area contributed by atoms with E-state index in [1.807, 2.05) is 42.9 Å². The Bertz CT molecular complexity index is 1050. The number of carbonyl (C=O) groups is 1. The number of rotatable bonds is 4.